The molecule has 0 aliphatic heterocycles. The Hall–Kier alpha value is -1.16. The van der Waals surface area contributed by atoms with Gasteiger partial charge in [0.25, 0.3) is 0 Å². The van der Waals surface area contributed by atoms with E-state index in [-0.39, 0.29) is 12.4 Å². The SMILES string of the molecule is COC(=O)Cc1ccccc1SCc1cc(Cl)ccc1Cl. The molecule has 0 fully saturated rings. The summed E-state index contributed by atoms with van der Waals surface area (Å²) in [6.45, 7) is 0. The molecule has 21 heavy (non-hydrogen) atoms. The second kappa shape index (κ2) is 7.74. The van der Waals surface area contributed by atoms with Crippen molar-refractivity contribution >= 4 is 40.9 Å². The van der Waals surface area contributed by atoms with Gasteiger partial charge in [-0.3, -0.25) is 4.79 Å². The Morgan fingerprint density at radius 3 is 2.67 bits per heavy atom. The number of carbonyl (C=O) groups excluding carboxylic acids is 1. The van der Waals surface area contributed by atoms with E-state index in [4.69, 9.17) is 27.9 Å². The zero-order valence-corrected chi connectivity index (χ0v) is 13.8. The van der Waals surface area contributed by atoms with Gasteiger partial charge in [0.1, 0.15) is 0 Å². The Morgan fingerprint density at radius 2 is 1.90 bits per heavy atom. The molecular formula is C16H14Cl2O2S. The summed E-state index contributed by atoms with van der Waals surface area (Å²) in [5.74, 6) is 0.446. The first kappa shape index (κ1) is 16.2. The minimum Gasteiger partial charge on any atom is -0.469 e. The zero-order valence-electron chi connectivity index (χ0n) is 11.4. The van der Waals surface area contributed by atoms with Gasteiger partial charge in [-0.15, -0.1) is 11.8 Å². The van der Waals surface area contributed by atoms with Gasteiger partial charge in [0, 0.05) is 20.7 Å². The normalized spacial score (nSPS) is 10.4. The van der Waals surface area contributed by atoms with Crippen molar-refractivity contribution in [3.05, 3.63) is 63.6 Å². The average molecular weight is 341 g/mol. The van der Waals surface area contributed by atoms with Crippen LogP contribution in [-0.2, 0) is 21.7 Å². The fourth-order valence-corrected chi connectivity index (χ4v) is 3.34. The second-order valence-electron chi connectivity index (χ2n) is 4.39. The molecule has 0 aliphatic rings. The molecule has 2 nitrogen and oxygen atoms in total. The van der Waals surface area contributed by atoms with Gasteiger partial charge in [-0.2, -0.15) is 0 Å². The summed E-state index contributed by atoms with van der Waals surface area (Å²) < 4.78 is 4.72. The molecule has 110 valence electrons. The van der Waals surface area contributed by atoms with Crippen LogP contribution in [-0.4, -0.2) is 13.1 Å². The highest BCUT2D eigenvalue weighted by atomic mass is 35.5. The van der Waals surface area contributed by atoms with E-state index < -0.39 is 0 Å². The van der Waals surface area contributed by atoms with Gasteiger partial charge in [0.2, 0.25) is 0 Å². The predicted molar refractivity (Wildman–Crippen MR) is 88.2 cm³/mol. The highest BCUT2D eigenvalue weighted by molar-refractivity contribution is 7.98. The first-order chi connectivity index (χ1) is 10.1. The van der Waals surface area contributed by atoms with Crippen LogP contribution in [0.1, 0.15) is 11.1 Å². The molecule has 0 saturated heterocycles. The summed E-state index contributed by atoms with van der Waals surface area (Å²) in [6, 6.07) is 13.2. The van der Waals surface area contributed by atoms with Crippen molar-refractivity contribution in [2.75, 3.05) is 7.11 Å². The van der Waals surface area contributed by atoms with Crippen LogP contribution in [0.5, 0.6) is 0 Å². The van der Waals surface area contributed by atoms with Gasteiger partial charge in [-0.25, -0.2) is 0 Å². The number of ether oxygens (including phenoxy) is 1. The Labute approximate surface area is 138 Å². The fraction of sp³-hybridized carbons (Fsp3) is 0.188. The molecule has 0 unspecified atom stereocenters. The molecule has 0 amide bonds. The molecule has 0 aromatic heterocycles. The smallest absolute Gasteiger partial charge is 0.310 e. The lowest BCUT2D eigenvalue weighted by Crippen LogP contribution is -2.05. The summed E-state index contributed by atoms with van der Waals surface area (Å²) in [6.07, 6.45) is 0.267. The van der Waals surface area contributed by atoms with E-state index in [1.54, 1.807) is 23.9 Å². The van der Waals surface area contributed by atoms with E-state index in [2.05, 4.69) is 0 Å². The molecule has 0 N–H and O–H groups in total. The van der Waals surface area contributed by atoms with E-state index in [9.17, 15) is 4.79 Å². The molecule has 0 aliphatic carbocycles. The number of rotatable bonds is 5. The van der Waals surface area contributed by atoms with Crippen LogP contribution in [0.3, 0.4) is 0 Å². The number of hydrogen-bond donors (Lipinski definition) is 0. The third kappa shape index (κ3) is 4.67. The van der Waals surface area contributed by atoms with Gasteiger partial charge in [-0.05, 0) is 35.4 Å². The molecule has 0 bridgehead atoms. The van der Waals surface area contributed by atoms with Crippen LogP contribution in [0.2, 0.25) is 10.0 Å². The summed E-state index contributed by atoms with van der Waals surface area (Å²) in [5.41, 5.74) is 1.93. The van der Waals surface area contributed by atoms with Crippen LogP contribution >= 0.6 is 35.0 Å². The van der Waals surface area contributed by atoms with Gasteiger partial charge in [0.15, 0.2) is 0 Å². The summed E-state index contributed by atoms with van der Waals surface area (Å²) >= 11 is 13.8. The maximum Gasteiger partial charge on any atom is 0.310 e. The second-order valence-corrected chi connectivity index (χ2v) is 6.25. The number of hydrogen-bond acceptors (Lipinski definition) is 3. The number of benzene rings is 2. The third-order valence-corrected chi connectivity index (χ3v) is 4.69. The largest absolute Gasteiger partial charge is 0.469 e. The van der Waals surface area contributed by atoms with E-state index in [1.807, 2.05) is 30.3 Å². The number of halogens is 2. The maximum atomic E-state index is 11.4. The molecule has 0 heterocycles. The summed E-state index contributed by atoms with van der Waals surface area (Å²) in [5, 5.41) is 1.36. The zero-order chi connectivity index (χ0) is 15.2. The lowest BCUT2D eigenvalue weighted by atomic mass is 10.1. The number of thioether (sulfide) groups is 1. The van der Waals surface area contributed by atoms with Crippen molar-refractivity contribution in [3.8, 4) is 0 Å². The Kier molecular flexibility index (Phi) is 5.97. The van der Waals surface area contributed by atoms with Crippen molar-refractivity contribution in [1.82, 2.24) is 0 Å². The highest BCUT2D eigenvalue weighted by Crippen LogP contribution is 2.30. The topological polar surface area (TPSA) is 26.3 Å². The lowest BCUT2D eigenvalue weighted by molar-refractivity contribution is -0.139. The molecule has 5 heteroatoms. The van der Waals surface area contributed by atoms with E-state index in [0.29, 0.717) is 15.8 Å². The van der Waals surface area contributed by atoms with Gasteiger partial charge >= 0.3 is 5.97 Å². The van der Waals surface area contributed by atoms with Crippen LogP contribution in [0, 0.1) is 0 Å². The first-order valence-corrected chi connectivity index (χ1v) is 8.05. The Morgan fingerprint density at radius 1 is 1.14 bits per heavy atom. The molecule has 0 saturated carbocycles. The molecular weight excluding hydrogens is 327 g/mol. The molecule has 0 spiro atoms. The van der Waals surface area contributed by atoms with Crippen molar-refractivity contribution in [1.29, 1.82) is 0 Å². The molecule has 0 radical (unpaired) electrons. The molecule has 2 rings (SSSR count). The summed E-state index contributed by atoms with van der Waals surface area (Å²) in [7, 11) is 1.39. The summed E-state index contributed by atoms with van der Waals surface area (Å²) in [4.78, 5) is 12.5. The van der Waals surface area contributed by atoms with Gasteiger partial charge < -0.3 is 4.74 Å². The monoisotopic (exact) mass is 340 g/mol. The minimum atomic E-state index is -0.246. The van der Waals surface area contributed by atoms with Crippen LogP contribution in [0.25, 0.3) is 0 Å². The number of carbonyl (C=O) groups is 1. The van der Waals surface area contributed by atoms with Crippen molar-refractivity contribution in [2.24, 2.45) is 0 Å². The lowest BCUT2D eigenvalue weighted by Gasteiger charge is -2.09. The standard InChI is InChI=1S/C16H14Cl2O2S/c1-20-16(19)9-11-4-2-3-5-15(11)21-10-12-8-13(17)6-7-14(12)18/h2-8H,9-10H2,1H3. The third-order valence-electron chi connectivity index (χ3n) is 2.93. The quantitative estimate of drug-likeness (QED) is 0.565. The molecule has 2 aromatic rings. The van der Waals surface area contributed by atoms with Crippen LogP contribution < -0.4 is 0 Å². The van der Waals surface area contributed by atoms with E-state index in [0.717, 1.165) is 16.0 Å². The number of methoxy groups -OCH3 is 1. The van der Waals surface area contributed by atoms with Crippen molar-refractivity contribution in [3.63, 3.8) is 0 Å². The average Bonchev–Trinajstić information content (AvgIpc) is 2.49. The highest BCUT2D eigenvalue weighted by Gasteiger charge is 2.09. The van der Waals surface area contributed by atoms with Gasteiger partial charge in [-0.1, -0.05) is 41.4 Å². The number of esters is 1. The van der Waals surface area contributed by atoms with Crippen molar-refractivity contribution in [2.45, 2.75) is 17.1 Å². The molecule has 0 atom stereocenters. The van der Waals surface area contributed by atoms with Crippen LogP contribution in [0.15, 0.2) is 47.4 Å². The maximum absolute atomic E-state index is 11.4. The minimum absolute atomic E-state index is 0.246. The Bertz CT molecular complexity index is 644. The van der Waals surface area contributed by atoms with Crippen LogP contribution in [0.4, 0.5) is 0 Å². The fourth-order valence-electron chi connectivity index (χ4n) is 1.83. The molecule has 2 aromatic carbocycles. The van der Waals surface area contributed by atoms with E-state index in [1.165, 1.54) is 7.11 Å². The predicted octanol–water partition coefficient (Wildman–Crippen LogP) is 5.00. The Balaban J connectivity index is 2.13. The van der Waals surface area contributed by atoms with Gasteiger partial charge in [0.05, 0.1) is 13.5 Å². The van der Waals surface area contributed by atoms with E-state index >= 15 is 0 Å². The first-order valence-electron chi connectivity index (χ1n) is 6.31. The van der Waals surface area contributed by atoms with Crippen molar-refractivity contribution < 1.29 is 9.53 Å².